The van der Waals surface area contributed by atoms with E-state index in [1.54, 1.807) is 0 Å². The quantitative estimate of drug-likeness (QED) is 0.565. The summed E-state index contributed by atoms with van der Waals surface area (Å²) in [5.41, 5.74) is 0. The van der Waals surface area contributed by atoms with Crippen molar-refractivity contribution in [2.75, 3.05) is 26.2 Å². The van der Waals surface area contributed by atoms with Gasteiger partial charge in [-0.15, -0.1) is 0 Å². The molecule has 0 aromatic carbocycles. The van der Waals surface area contributed by atoms with Crippen LogP contribution in [0.3, 0.4) is 0 Å². The highest BCUT2D eigenvalue weighted by molar-refractivity contribution is 4.77. The zero-order valence-electron chi connectivity index (χ0n) is 13.4. The molecule has 0 unspecified atom stereocenters. The fraction of sp³-hybridized carbons (Fsp3) is 1.00. The van der Waals surface area contributed by atoms with Crippen LogP contribution in [0.15, 0.2) is 0 Å². The maximum Gasteiger partial charge on any atom is 0.0119 e. The van der Waals surface area contributed by atoms with Crippen molar-refractivity contribution in [3.8, 4) is 0 Å². The van der Waals surface area contributed by atoms with E-state index in [0.29, 0.717) is 0 Å². The maximum atomic E-state index is 3.48. The molecule has 0 spiro atoms. The molecule has 0 aliphatic carbocycles. The van der Waals surface area contributed by atoms with Gasteiger partial charge in [-0.2, -0.15) is 0 Å². The molecule has 1 aliphatic rings. The van der Waals surface area contributed by atoms with Crippen LogP contribution in [0.25, 0.3) is 0 Å². The van der Waals surface area contributed by atoms with E-state index in [1.807, 2.05) is 0 Å². The first-order chi connectivity index (χ1) is 9.38. The van der Waals surface area contributed by atoms with Crippen molar-refractivity contribution in [1.29, 1.82) is 0 Å². The van der Waals surface area contributed by atoms with Gasteiger partial charge in [0.1, 0.15) is 0 Å². The fourth-order valence-corrected chi connectivity index (χ4v) is 3.21. The number of unbranched alkanes of at least 4 members (excludes halogenated alkanes) is 6. The van der Waals surface area contributed by atoms with Crippen molar-refractivity contribution < 1.29 is 0 Å². The molecule has 0 bridgehead atoms. The molecule has 0 aromatic heterocycles. The smallest absolute Gasteiger partial charge is 0.0119 e. The molecule has 1 rings (SSSR count). The van der Waals surface area contributed by atoms with Crippen LogP contribution in [0.1, 0.15) is 78.1 Å². The highest BCUT2D eigenvalue weighted by Gasteiger charge is 2.19. The zero-order chi connectivity index (χ0) is 13.8. The standard InChI is InChI=1S/C17H36N2/c1-3-5-6-7-8-9-10-16-19(15-4-2)17-11-13-18-14-12-17/h17-18H,3-16H2,1-2H3. The first-order valence-electron chi connectivity index (χ1n) is 8.83. The first kappa shape index (κ1) is 17.0. The van der Waals surface area contributed by atoms with Gasteiger partial charge in [-0.05, 0) is 51.9 Å². The summed E-state index contributed by atoms with van der Waals surface area (Å²) in [6, 6.07) is 0.862. The molecule has 0 amide bonds. The normalized spacial score (nSPS) is 17.2. The van der Waals surface area contributed by atoms with Gasteiger partial charge in [-0.3, -0.25) is 0 Å². The zero-order valence-corrected chi connectivity index (χ0v) is 13.4. The Hall–Kier alpha value is -0.0800. The lowest BCUT2D eigenvalue weighted by Crippen LogP contribution is -2.43. The van der Waals surface area contributed by atoms with Crippen molar-refractivity contribution in [3.63, 3.8) is 0 Å². The number of rotatable bonds is 11. The largest absolute Gasteiger partial charge is 0.317 e. The molecule has 0 saturated carbocycles. The Labute approximate surface area is 121 Å². The summed E-state index contributed by atoms with van der Waals surface area (Å²) < 4.78 is 0. The van der Waals surface area contributed by atoms with Crippen LogP contribution in [-0.4, -0.2) is 37.1 Å². The molecule has 1 N–H and O–H groups in total. The highest BCUT2D eigenvalue weighted by Crippen LogP contribution is 2.14. The van der Waals surface area contributed by atoms with E-state index < -0.39 is 0 Å². The summed E-state index contributed by atoms with van der Waals surface area (Å²) in [6.07, 6.45) is 14.0. The van der Waals surface area contributed by atoms with Crippen molar-refractivity contribution in [1.82, 2.24) is 10.2 Å². The monoisotopic (exact) mass is 268 g/mol. The number of hydrogen-bond donors (Lipinski definition) is 1. The van der Waals surface area contributed by atoms with Gasteiger partial charge in [-0.25, -0.2) is 0 Å². The van der Waals surface area contributed by atoms with Gasteiger partial charge in [0.05, 0.1) is 0 Å². The van der Waals surface area contributed by atoms with Gasteiger partial charge in [0.2, 0.25) is 0 Å². The minimum Gasteiger partial charge on any atom is -0.317 e. The second-order valence-electron chi connectivity index (χ2n) is 6.14. The molecule has 114 valence electrons. The topological polar surface area (TPSA) is 15.3 Å². The maximum absolute atomic E-state index is 3.48. The van der Waals surface area contributed by atoms with Crippen molar-refractivity contribution >= 4 is 0 Å². The molecule has 2 heteroatoms. The number of hydrogen-bond acceptors (Lipinski definition) is 2. The molecule has 0 atom stereocenters. The number of nitrogens with zero attached hydrogens (tertiary/aromatic N) is 1. The summed E-state index contributed by atoms with van der Waals surface area (Å²) in [4.78, 5) is 2.77. The van der Waals surface area contributed by atoms with Crippen molar-refractivity contribution in [2.45, 2.75) is 84.1 Å². The van der Waals surface area contributed by atoms with E-state index in [2.05, 4.69) is 24.1 Å². The number of piperidine rings is 1. The van der Waals surface area contributed by atoms with Crippen LogP contribution in [0.4, 0.5) is 0 Å². The van der Waals surface area contributed by atoms with Gasteiger partial charge in [0.25, 0.3) is 0 Å². The van der Waals surface area contributed by atoms with Gasteiger partial charge >= 0.3 is 0 Å². The molecule has 1 heterocycles. The lowest BCUT2D eigenvalue weighted by molar-refractivity contribution is 0.159. The predicted octanol–water partition coefficient (Wildman–Crippen LogP) is 4.20. The van der Waals surface area contributed by atoms with E-state index in [9.17, 15) is 0 Å². The lowest BCUT2D eigenvalue weighted by Gasteiger charge is -2.34. The summed E-state index contributed by atoms with van der Waals surface area (Å²) in [5, 5.41) is 3.48. The van der Waals surface area contributed by atoms with E-state index in [0.717, 1.165) is 6.04 Å². The summed E-state index contributed by atoms with van der Waals surface area (Å²) in [6.45, 7) is 9.71. The minimum absolute atomic E-state index is 0.862. The van der Waals surface area contributed by atoms with E-state index >= 15 is 0 Å². The molecule has 1 fully saturated rings. The Balaban J connectivity index is 2.07. The average Bonchev–Trinajstić information content (AvgIpc) is 2.46. The van der Waals surface area contributed by atoms with Crippen LogP contribution >= 0.6 is 0 Å². The molecule has 19 heavy (non-hydrogen) atoms. The average molecular weight is 268 g/mol. The van der Waals surface area contributed by atoms with Crippen LogP contribution < -0.4 is 5.32 Å². The van der Waals surface area contributed by atoms with Gasteiger partial charge < -0.3 is 10.2 Å². The summed E-state index contributed by atoms with van der Waals surface area (Å²) in [5.74, 6) is 0. The van der Waals surface area contributed by atoms with Gasteiger partial charge in [0, 0.05) is 6.04 Å². The molecule has 0 aromatic rings. The van der Waals surface area contributed by atoms with Crippen molar-refractivity contribution in [3.05, 3.63) is 0 Å². The van der Waals surface area contributed by atoms with Crippen molar-refractivity contribution in [2.24, 2.45) is 0 Å². The SMILES string of the molecule is CCCCCCCCCN(CCC)C1CCNCC1. The molecule has 2 nitrogen and oxygen atoms in total. The van der Waals surface area contributed by atoms with E-state index in [1.165, 1.54) is 90.4 Å². The Morgan fingerprint density at radius 2 is 1.42 bits per heavy atom. The fourth-order valence-electron chi connectivity index (χ4n) is 3.21. The second-order valence-corrected chi connectivity index (χ2v) is 6.14. The third-order valence-electron chi connectivity index (χ3n) is 4.38. The third-order valence-corrected chi connectivity index (χ3v) is 4.38. The Kier molecular flexibility index (Phi) is 10.5. The van der Waals surface area contributed by atoms with E-state index in [-0.39, 0.29) is 0 Å². The minimum atomic E-state index is 0.862. The Morgan fingerprint density at radius 3 is 2.05 bits per heavy atom. The van der Waals surface area contributed by atoms with Gasteiger partial charge in [-0.1, -0.05) is 52.4 Å². The number of nitrogens with one attached hydrogen (secondary N) is 1. The first-order valence-corrected chi connectivity index (χ1v) is 8.83. The van der Waals surface area contributed by atoms with Crippen LogP contribution in [0.5, 0.6) is 0 Å². The van der Waals surface area contributed by atoms with Gasteiger partial charge in [0.15, 0.2) is 0 Å². The molecule has 1 saturated heterocycles. The lowest BCUT2D eigenvalue weighted by atomic mass is 10.0. The van der Waals surface area contributed by atoms with Crippen LogP contribution in [-0.2, 0) is 0 Å². The highest BCUT2D eigenvalue weighted by atomic mass is 15.2. The molecule has 1 aliphatic heterocycles. The molecule has 0 radical (unpaired) electrons. The Morgan fingerprint density at radius 1 is 0.789 bits per heavy atom. The van der Waals surface area contributed by atoms with Crippen LogP contribution in [0, 0.1) is 0 Å². The predicted molar refractivity (Wildman–Crippen MR) is 85.7 cm³/mol. The summed E-state index contributed by atoms with van der Waals surface area (Å²) in [7, 11) is 0. The van der Waals surface area contributed by atoms with Crippen LogP contribution in [0.2, 0.25) is 0 Å². The molecular weight excluding hydrogens is 232 g/mol. The summed E-state index contributed by atoms with van der Waals surface area (Å²) >= 11 is 0. The second kappa shape index (κ2) is 11.7. The molecular formula is C17H36N2. The Bertz CT molecular complexity index is 188. The van der Waals surface area contributed by atoms with E-state index in [4.69, 9.17) is 0 Å². The third kappa shape index (κ3) is 7.94.